The second-order valence-electron chi connectivity index (χ2n) is 5.07. The molecule has 0 spiro atoms. The van der Waals surface area contributed by atoms with Crippen LogP contribution in [-0.2, 0) is 0 Å². The van der Waals surface area contributed by atoms with Crippen molar-refractivity contribution in [1.82, 2.24) is 0 Å². The van der Waals surface area contributed by atoms with Crippen LogP contribution in [0.25, 0.3) is 0 Å². The van der Waals surface area contributed by atoms with Gasteiger partial charge in [-0.3, -0.25) is 4.79 Å². The summed E-state index contributed by atoms with van der Waals surface area (Å²) in [5, 5.41) is 0. The fraction of sp³-hybridized carbons (Fsp3) is 0.353. The van der Waals surface area contributed by atoms with Crippen LogP contribution < -0.4 is 0 Å². The smallest absolute Gasteiger partial charge is 0.169 e. The van der Waals surface area contributed by atoms with Crippen molar-refractivity contribution in [3.05, 3.63) is 58.1 Å². The van der Waals surface area contributed by atoms with Gasteiger partial charge >= 0.3 is 0 Å². The summed E-state index contributed by atoms with van der Waals surface area (Å²) < 4.78 is 0.985. The zero-order valence-electron chi connectivity index (χ0n) is 11.9. The lowest BCUT2D eigenvalue weighted by atomic mass is 9.90. The lowest BCUT2D eigenvalue weighted by Gasteiger charge is -2.13. The fourth-order valence-electron chi connectivity index (χ4n) is 1.81. The molecular weight excluding hydrogens is 300 g/mol. The van der Waals surface area contributed by atoms with E-state index in [0.717, 1.165) is 28.5 Å². The zero-order chi connectivity index (χ0) is 14.4. The van der Waals surface area contributed by atoms with Crippen LogP contribution in [0.15, 0.2) is 52.5 Å². The molecule has 1 unspecified atom stereocenters. The first kappa shape index (κ1) is 15.9. The first-order chi connectivity index (χ1) is 8.91. The van der Waals surface area contributed by atoms with Crippen molar-refractivity contribution in [2.75, 3.05) is 0 Å². The van der Waals surface area contributed by atoms with Crippen molar-refractivity contribution in [1.29, 1.82) is 0 Å². The maximum atomic E-state index is 12.3. The van der Waals surface area contributed by atoms with Crippen LogP contribution in [-0.4, -0.2) is 5.78 Å². The molecule has 1 rings (SSSR count). The van der Waals surface area contributed by atoms with Crippen LogP contribution in [0.5, 0.6) is 0 Å². The van der Waals surface area contributed by atoms with Gasteiger partial charge in [-0.05, 0) is 38.8 Å². The highest BCUT2D eigenvalue weighted by Crippen LogP contribution is 2.21. The Bertz CT molecular complexity index is 478. The molecule has 0 saturated carbocycles. The maximum absolute atomic E-state index is 12.3. The van der Waals surface area contributed by atoms with E-state index >= 15 is 0 Å². The van der Waals surface area contributed by atoms with Crippen molar-refractivity contribution >= 4 is 21.7 Å². The number of carbonyl (C=O) groups excluding carboxylic acids is 1. The predicted octanol–water partition coefficient (Wildman–Crippen LogP) is 5.57. The summed E-state index contributed by atoms with van der Waals surface area (Å²) in [6.45, 7) is 10.2. The maximum Gasteiger partial charge on any atom is 0.169 e. The fourth-order valence-corrected chi connectivity index (χ4v) is 2.08. The Morgan fingerprint density at radius 1 is 1.32 bits per heavy atom. The van der Waals surface area contributed by atoms with E-state index < -0.39 is 0 Å². The molecule has 0 radical (unpaired) electrons. The molecule has 0 N–H and O–H groups in total. The van der Waals surface area contributed by atoms with Crippen molar-refractivity contribution < 1.29 is 4.79 Å². The summed E-state index contributed by atoms with van der Waals surface area (Å²) in [7, 11) is 0. The Kier molecular flexibility index (Phi) is 6.23. The van der Waals surface area contributed by atoms with E-state index in [0.29, 0.717) is 0 Å². The highest BCUT2D eigenvalue weighted by molar-refractivity contribution is 9.10. The Labute approximate surface area is 124 Å². The lowest BCUT2D eigenvalue weighted by Crippen LogP contribution is -2.13. The van der Waals surface area contributed by atoms with E-state index in [9.17, 15) is 4.79 Å². The molecule has 0 aliphatic carbocycles. The van der Waals surface area contributed by atoms with Gasteiger partial charge in [-0.15, -0.1) is 0 Å². The summed E-state index contributed by atoms with van der Waals surface area (Å²) in [6, 6.07) is 7.50. The minimum absolute atomic E-state index is 0.119. The molecular formula is C17H21BrO. The highest BCUT2D eigenvalue weighted by Gasteiger charge is 2.17. The van der Waals surface area contributed by atoms with Gasteiger partial charge in [0.2, 0.25) is 0 Å². The topological polar surface area (TPSA) is 17.1 Å². The summed E-state index contributed by atoms with van der Waals surface area (Å²) in [5.74, 6) is 0.0291. The zero-order valence-corrected chi connectivity index (χ0v) is 13.5. The molecule has 0 saturated heterocycles. The molecule has 2 heteroatoms. The van der Waals surface area contributed by atoms with Crippen LogP contribution in [0.2, 0.25) is 0 Å². The van der Waals surface area contributed by atoms with Crippen molar-refractivity contribution in [2.45, 2.75) is 33.6 Å². The van der Waals surface area contributed by atoms with Gasteiger partial charge in [-0.2, -0.15) is 0 Å². The summed E-state index contributed by atoms with van der Waals surface area (Å²) in [6.07, 6.45) is 4.01. The number of carbonyl (C=O) groups is 1. The van der Waals surface area contributed by atoms with E-state index in [1.165, 1.54) is 5.57 Å². The van der Waals surface area contributed by atoms with Crippen LogP contribution in [0, 0.1) is 5.92 Å². The Morgan fingerprint density at radius 2 is 1.89 bits per heavy atom. The van der Waals surface area contributed by atoms with Gasteiger partial charge in [0.05, 0.1) is 0 Å². The molecule has 0 aliphatic rings. The minimum atomic E-state index is -0.119. The predicted molar refractivity (Wildman–Crippen MR) is 85.4 cm³/mol. The molecule has 0 aromatic heterocycles. The average molecular weight is 321 g/mol. The molecule has 0 aliphatic heterocycles. The van der Waals surface area contributed by atoms with Crippen LogP contribution in [0.4, 0.5) is 0 Å². The number of ketones is 1. The second-order valence-corrected chi connectivity index (χ2v) is 5.99. The molecule has 1 nitrogen and oxygen atoms in total. The summed E-state index contributed by atoms with van der Waals surface area (Å²) in [5.41, 5.74) is 3.06. The molecule has 1 atom stereocenters. The third-order valence-corrected chi connectivity index (χ3v) is 3.68. The number of benzene rings is 1. The highest BCUT2D eigenvalue weighted by atomic mass is 79.9. The van der Waals surface area contributed by atoms with Gasteiger partial charge in [0.25, 0.3) is 0 Å². The molecule has 0 amide bonds. The van der Waals surface area contributed by atoms with Crippen molar-refractivity contribution in [2.24, 2.45) is 5.92 Å². The molecule has 1 aromatic rings. The van der Waals surface area contributed by atoms with Crippen molar-refractivity contribution in [3.63, 3.8) is 0 Å². The van der Waals surface area contributed by atoms with Crippen LogP contribution in [0.1, 0.15) is 44.0 Å². The summed E-state index contributed by atoms with van der Waals surface area (Å²) >= 11 is 3.37. The van der Waals surface area contributed by atoms with Gasteiger partial charge in [0, 0.05) is 16.0 Å². The number of hydrogen-bond acceptors (Lipinski definition) is 1. The van der Waals surface area contributed by atoms with Crippen LogP contribution >= 0.6 is 15.9 Å². The lowest BCUT2D eigenvalue weighted by molar-refractivity contribution is 0.0946. The molecule has 19 heavy (non-hydrogen) atoms. The number of allylic oxidation sites excluding steroid dienone is 3. The number of halogens is 1. The molecule has 0 fully saturated rings. The Hall–Kier alpha value is -1.15. The monoisotopic (exact) mass is 320 g/mol. The first-order valence-electron chi connectivity index (χ1n) is 6.52. The third kappa shape index (κ3) is 5.15. The standard InChI is InChI=1S/C17H21BrO/c1-12(2)6-5-7-13(3)14(4)17(19)15-8-10-16(18)11-9-15/h6,8-11,14H,3,5,7H2,1-2,4H3. The SMILES string of the molecule is C=C(CCC=C(C)C)C(C)C(=O)c1ccc(Br)cc1. The van der Waals surface area contributed by atoms with E-state index in [2.05, 4.69) is 42.4 Å². The molecule has 102 valence electrons. The van der Waals surface area contributed by atoms with E-state index in [4.69, 9.17) is 0 Å². The minimum Gasteiger partial charge on any atom is -0.294 e. The Balaban J connectivity index is 2.63. The molecule has 0 bridgehead atoms. The largest absolute Gasteiger partial charge is 0.294 e. The van der Waals surface area contributed by atoms with Gasteiger partial charge in [-0.1, -0.05) is 58.8 Å². The number of Topliss-reactive ketones (excluding diaryl/α,β-unsaturated/α-hetero) is 1. The number of hydrogen-bond donors (Lipinski definition) is 0. The van der Waals surface area contributed by atoms with Crippen LogP contribution in [0.3, 0.4) is 0 Å². The van der Waals surface area contributed by atoms with E-state index in [-0.39, 0.29) is 11.7 Å². The summed E-state index contributed by atoms with van der Waals surface area (Å²) in [4.78, 5) is 12.3. The van der Waals surface area contributed by atoms with E-state index in [1.54, 1.807) is 0 Å². The Morgan fingerprint density at radius 3 is 2.42 bits per heavy atom. The van der Waals surface area contributed by atoms with Gasteiger partial charge in [0.1, 0.15) is 0 Å². The quantitative estimate of drug-likeness (QED) is 0.494. The van der Waals surface area contributed by atoms with E-state index in [1.807, 2.05) is 31.2 Å². The normalized spacial score (nSPS) is 11.8. The average Bonchev–Trinajstić information content (AvgIpc) is 2.37. The van der Waals surface area contributed by atoms with Gasteiger partial charge in [0.15, 0.2) is 5.78 Å². The van der Waals surface area contributed by atoms with Gasteiger partial charge in [-0.25, -0.2) is 0 Å². The molecule has 1 aromatic carbocycles. The number of rotatable bonds is 6. The van der Waals surface area contributed by atoms with Gasteiger partial charge < -0.3 is 0 Å². The molecule has 0 heterocycles. The third-order valence-electron chi connectivity index (χ3n) is 3.15. The first-order valence-corrected chi connectivity index (χ1v) is 7.32. The second kappa shape index (κ2) is 7.44. The van der Waals surface area contributed by atoms with Crippen molar-refractivity contribution in [3.8, 4) is 0 Å².